The third-order valence-electron chi connectivity index (χ3n) is 8.74. The average molecular weight is 970 g/mol. The summed E-state index contributed by atoms with van der Waals surface area (Å²) in [5, 5.41) is 19.2. The summed E-state index contributed by atoms with van der Waals surface area (Å²) < 4.78 is 97.3. The largest absolute Gasteiger partial charge is 0.505 e. The number of halogens is 7. The van der Waals surface area contributed by atoms with Gasteiger partial charge in [0, 0.05) is 12.1 Å². The number of fused-ring (bicyclic) bond motifs is 2. The zero-order chi connectivity index (χ0) is 42.4. The molecular formula is C38H49BrF6N4O6Sn. The molecule has 0 spiro atoms. The minimum absolute atomic E-state index is 0.00722. The van der Waals surface area contributed by atoms with Crippen LogP contribution >= 0.6 is 15.9 Å². The molecule has 10 nitrogen and oxygen atoms in total. The fraction of sp³-hybridized carbons (Fsp3) is 0.500. The third-order valence-corrected chi connectivity index (χ3v) is 24.5. The summed E-state index contributed by atoms with van der Waals surface area (Å²) >= 11 is 0.636. The molecule has 0 aliphatic carbocycles. The third kappa shape index (κ3) is 12.7. The predicted octanol–water partition coefficient (Wildman–Crippen LogP) is 11.6. The summed E-state index contributed by atoms with van der Waals surface area (Å²) in [5.41, 5.74) is -3.58. The maximum absolute atomic E-state index is 12.8. The molecule has 0 saturated heterocycles. The summed E-state index contributed by atoms with van der Waals surface area (Å²) in [7, 11) is 2.69. The van der Waals surface area contributed by atoms with Crippen LogP contribution in [0, 0.1) is 0 Å². The maximum atomic E-state index is 12.8. The van der Waals surface area contributed by atoms with E-state index in [4.69, 9.17) is 14.2 Å². The van der Waals surface area contributed by atoms with Gasteiger partial charge in [0.1, 0.15) is 11.0 Å². The molecule has 2 N–H and O–H groups in total. The zero-order valence-electron chi connectivity index (χ0n) is 32.5. The number of carbonyl (C=O) groups is 1. The molecule has 0 aliphatic heterocycles. The molecule has 4 aromatic heterocycles. The van der Waals surface area contributed by atoms with E-state index < -0.39 is 65.0 Å². The minimum Gasteiger partial charge on any atom is -0.505 e. The molecule has 0 atom stereocenters. The molecule has 0 saturated carbocycles. The van der Waals surface area contributed by atoms with Gasteiger partial charge in [-0.1, -0.05) is 0 Å². The first kappa shape index (κ1) is 48.5. The summed E-state index contributed by atoms with van der Waals surface area (Å²) in [6.45, 7) is 15.2. The van der Waals surface area contributed by atoms with Crippen LogP contribution in [0.2, 0.25) is 13.3 Å². The van der Waals surface area contributed by atoms with Crippen molar-refractivity contribution in [2.75, 3.05) is 20.8 Å². The molecule has 4 heterocycles. The van der Waals surface area contributed by atoms with Gasteiger partial charge < -0.3 is 19.7 Å². The van der Waals surface area contributed by atoms with Crippen molar-refractivity contribution in [1.82, 2.24) is 19.9 Å². The first-order valence-corrected chi connectivity index (χ1v) is 26.3. The van der Waals surface area contributed by atoms with Gasteiger partial charge in [-0.15, -0.1) is 0 Å². The SMILES string of the molecule is C=[C](OCC)[Sn]([CH2]CCC)([CH2]CCC)[CH2]CCC.COc1ccc2nc(C(F)(F)F)c(O)c(Br)c2n1.COc1ccc2nc(C(F)(F)F)c(O)c(C(C)=O)c2n1. The predicted molar refractivity (Wildman–Crippen MR) is 209 cm³/mol. The Balaban J connectivity index is 0.000000291. The van der Waals surface area contributed by atoms with Gasteiger partial charge in [-0.25, -0.2) is 19.9 Å². The molecule has 0 fully saturated rings. The van der Waals surface area contributed by atoms with Gasteiger partial charge in [-0.3, -0.25) is 4.79 Å². The molecular weight excluding hydrogens is 921 g/mol. The normalized spacial score (nSPS) is 11.7. The molecule has 18 heteroatoms. The summed E-state index contributed by atoms with van der Waals surface area (Å²) in [6, 6.07) is 5.28. The van der Waals surface area contributed by atoms with Crippen LogP contribution < -0.4 is 9.47 Å². The van der Waals surface area contributed by atoms with E-state index in [0.717, 1.165) is 13.5 Å². The Morgan fingerprint density at radius 2 is 1.14 bits per heavy atom. The molecule has 4 rings (SSSR count). The summed E-state index contributed by atoms with van der Waals surface area (Å²) in [6.07, 6.45) is -1.51. The van der Waals surface area contributed by atoms with E-state index in [1.807, 2.05) is 0 Å². The summed E-state index contributed by atoms with van der Waals surface area (Å²) in [5.74, 6) is -2.65. The smallest absolute Gasteiger partial charge is 0.437 e. The number of rotatable bonds is 15. The van der Waals surface area contributed by atoms with Crippen LogP contribution in [0.3, 0.4) is 0 Å². The molecule has 0 radical (unpaired) electrons. The number of ketones is 1. The van der Waals surface area contributed by atoms with Gasteiger partial charge in [0.2, 0.25) is 11.8 Å². The minimum atomic E-state index is -4.87. The first-order chi connectivity index (χ1) is 26.3. The number of unbranched alkanes of at least 4 members (excludes halogenated alkanes) is 3. The van der Waals surface area contributed by atoms with Crippen LogP contribution in [0.4, 0.5) is 26.3 Å². The van der Waals surface area contributed by atoms with Crippen molar-refractivity contribution in [3.63, 3.8) is 0 Å². The number of aromatic nitrogens is 4. The standard InChI is InChI=1S/C12H9F3N2O3.C10H6BrF3N2O2.C4H7O.3C4H9.Sn/c1-5(18)8-9-6(3-4-7(17-9)20-2)16-11(10(8)19)12(13,14)15;1-18-5-3-2-4-7(16-5)6(11)8(17)9(15-4)10(12,13)14;1-3-5-4-2;3*1-3-4-2;/h3-4,19H,1-2H3;2-3,17H,1H3;1,4H2,2H3;3*1,3-4H2,2H3;. The van der Waals surface area contributed by atoms with Crippen LogP contribution in [0.1, 0.15) is 94.9 Å². The number of Topliss-reactive ketones (excluding diaryl/α,β-unsaturated/α-hetero) is 1. The van der Waals surface area contributed by atoms with Gasteiger partial charge >= 0.3 is 132 Å². The number of pyridine rings is 4. The Labute approximate surface area is 335 Å². The van der Waals surface area contributed by atoms with Crippen molar-refractivity contribution < 1.29 is 55.6 Å². The maximum Gasteiger partial charge on any atom is 0.437 e. The van der Waals surface area contributed by atoms with Gasteiger partial charge in [0.25, 0.3) is 0 Å². The Bertz CT molecular complexity index is 1930. The molecule has 4 aromatic rings. The van der Waals surface area contributed by atoms with Crippen molar-refractivity contribution in [2.24, 2.45) is 0 Å². The number of alkyl halides is 6. The molecule has 56 heavy (non-hydrogen) atoms. The number of aromatic hydroxyl groups is 2. The Morgan fingerprint density at radius 1 is 0.732 bits per heavy atom. The fourth-order valence-corrected chi connectivity index (χ4v) is 20.9. The molecule has 0 aromatic carbocycles. The Hall–Kier alpha value is -3.61. The zero-order valence-corrected chi connectivity index (χ0v) is 37.0. The topological polar surface area (TPSA) is 137 Å². The van der Waals surface area contributed by atoms with Crippen molar-refractivity contribution >= 4 is 62.2 Å². The van der Waals surface area contributed by atoms with Gasteiger partial charge in [-0.2, -0.15) is 26.3 Å². The number of carbonyl (C=O) groups excluding carboxylic acids is 1. The van der Waals surface area contributed by atoms with E-state index in [1.165, 1.54) is 94.1 Å². The molecule has 0 unspecified atom stereocenters. The van der Waals surface area contributed by atoms with Crippen molar-refractivity contribution in [2.45, 2.75) is 98.8 Å². The van der Waals surface area contributed by atoms with E-state index in [1.54, 1.807) is 0 Å². The average Bonchev–Trinajstić information content (AvgIpc) is 3.15. The van der Waals surface area contributed by atoms with Crippen molar-refractivity contribution in [1.29, 1.82) is 0 Å². The van der Waals surface area contributed by atoms with E-state index in [0.29, 0.717) is 0 Å². The van der Waals surface area contributed by atoms with Gasteiger partial charge in [-0.05, 0) is 35.0 Å². The van der Waals surface area contributed by atoms with Crippen molar-refractivity contribution in [3.8, 4) is 23.3 Å². The van der Waals surface area contributed by atoms with Gasteiger partial charge in [0.05, 0.1) is 35.3 Å². The molecule has 0 aliphatic rings. The Kier molecular flexibility index (Phi) is 18.9. The van der Waals surface area contributed by atoms with Crippen LogP contribution in [0.25, 0.3) is 22.1 Å². The Morgan fingerprint density at radius 3 is 1.52 bits per heavy atom. The van der Waals surface area contributed by atoms with Crippen LogP contribution in [0.5, 0.6) is 23.3 Å². The van der Waals surface area contributed by atoms with Gasteiger partial charge in [0.15, 0.2) is 28.7 Å². The number of ether oxygens (including phenoxy) is 3. The van der Waals surface area contributed by atoms with Crippen LogP contribution in [-0.4, -0.2) is 75.1 Å². The van der Waals surface area contributed by atoms with E-state index in [-0.39, 0.29) is 38.3 Å². The molecule has 0 bridgehead atoms. The van der Waals surface area contributed by atoms with E-state index in [2.05, 4.69) is 70.1 Å². The number of methoxy groups -OCH3 is 2. The number of hydrogen-bond acceptors (Lipinski definition) is 10. The van der Waals surface area contributed by atoms with Crippen LogP contribution in [-0.2, 0) is 17.1 Å². The van der Waals surface area contributed by atoms with E-state index in [9.17, 15) is 41.4 Å². The fourth-order valence-electron chi connectivity index (χ4n) is 5.81. The first-order valence-electron chi connectivity index (χ1n) is 18.0. The van der Waals surface area contributed by atoms with Crippen LogP contribution in [0.15, 0.2) is 39.1 Å². The second kappa shape index (κ2) is 21.8. The second-order valence-corrected chi connectivity index (χ2v) is 26.7. The number of nitrogens with zero attached hydrogens (tertiary/aromatic N) is 4. The molecule has 0 amide bonds. The van der Waals surface area contributed by atoms with Crippen molar-refractivity contribution in [3.05, 3.63) is 56.0 Å². The quantitative estimate of drug-likeness (QED) is 0.0513. The second-order valence-electron chi connectivity index (χ2n) is 12.7. The number of hydrogen-bond donors (Lipinski definition) is 2. The summed E-state index contributed by atoms with van der Waals surface area (Å²) in [4.78, 5) is 26.0. The molecule has 310 valence electrons. The van der Waals surface area contributed by atoms with E-state index >= 15 is 0 Å². The monoisotopic (exact) mass is 970 g/mol.